The zero-order valence-corrected chi connectivity index (χ0v) is 23.2. The van der Waals surface area contributed by atoms with E-state index in [0.717, 1.165) is 24.2 Å². The summed E-state index contributed by atoms with van der Waals surface area (Å²) in [7, 11) is -12.1. The second-order valence-corrected chi connectivity index (χ2v) is 16.3. The molecule has 0 spiro atoms. The van der Waals surface area contributed by atoms with Crippen LogP contribution in [0, 0.1) is 0 Å². The van der Waals surface area contributed by atoms with Gasteiger partial charge in [-0.15, -0.1) is 0 Å². The Morgan fingerprint density at radius 3 is 1.08 bits per heavy atom. The number of hydrogen-bond acceptors (Lipinski definition) is 0. The van der Waals surface area contributed by atoms with Gasteiger partial charge in [0.1, 0.15) is 0 Å². The van der Waals surface area contributed by atoms with Gasteiger partial charge in [-0.25, -0.2) is 0 Å². The van der Waals surface area contributed by atoms with Crippen LogP contribution >= 0.6 is 15.1 Å². The van der Waals surface area contributed by atoms with Crippen molar-refractivity contribution in [2.75, 3.05) is 0 Å². The third kappa shape index (κ3) is 8.45. The minimum absolute atomic E-state index is 0.902. The molecule has 0 radical (unpaired) electrons. The Bertz CT molecular complexity index is 878. The molecule has 204 valence electrons. The van der Waals surface area contributed by atoms with Gasteiger partial charge in [0.2, 0.25) is 0 Å². The van der Waals surface area contributed by atoms with Crippen LogP contribution in [0.1, 0.15) is 89.2 Å². The molecule has 0 nitrogen and oxygen atoms in total. The number of aryl methyl sites for hydroxylation is 2. The van der Waals surface area contributed by atoms with Crippen LogP contribution in [-0.2, 0) is 12.8 Å². The standard InChI is InChI=1S/C28H40P.F6P/c1-3-23-15-19-27(20-16-23)29(25-11-7-5-8-12-25,26-13-9-6-10-14-26)28-21-17-24(4-2)18-22-28;1-7(2,3,4,5)6/h15-22,25-26H,3-14H2,1-2H3;/q+1;-1. The number of halogens is 6. The van der Waals surface area contributed by atoms with Crippen molar-refractivity contribution < 1.29 is 25.2 Å². The molecule has 36 heavy (non-hydrogen) atoms. The fourth-order valence-electron chi connectivity index (χ4n) is 6.22. The summed E-state index contributed by atoms with van der Waals surface area (Å²) in [6.45, 7) is 4.56. The zero-order valence-electron chi connectivity index (χ0n) is 21.4. The summed E-state index contributed by atoms with van der Waals surface area (Å²) in [6.07, 6.45) is 16.8. The Kier molecular flexibility index (Phi) is 8.94. The van der Waals surface area contributed by atoms with Gasteiger partial charge in [0.05, 0.1) is 29.2 Å². The first kappa shape index (κ1) is 29.4. The predicted octanol–water partition coefficient (Wildman–Crippen LogP) is 10.8. The molecule has 0 heterocycles. The first-order valence-electron chi connectivity index (χ1n) is 13.4. The minimum atomic E-state index is -10.7. The van der Waals surface area contributed by atoms with E-state index in [1.54, 1.807) is 10.6 Å². The van der Waals surface area contributed by atoms with Gasteiger partial charge >= 0.3 is 33.0 Å². The average Bonchev–Trinajstić information content (AvgIpc) is 2.85. The molecule has 0 N–H and O–H groups in total. The third-order valence-electron chi connectivity index (χ3n) is 7.84. The quantitative estimate of drug-likeness (QED) is 0.247. The molecule has 2 aromatic rings. The van der Waals surface area contributed by atoms with Crippen molar-refractivity contribution in [3.63, 3.8) is 0 Å². The molecule has 0 aliphatic heterocycles. The fraction of sp³-hybridized carbons (Fsp3) is 0.571. The van der Waals surface area contributed by atoms with Crippen LogP contribution in [-0.4, -0.2) is 11.3 Å². The molecule has 0 atom stereocenters. The van der Waals surface area contributed by atoms with Crippen LogP contribution in [0.25, 0.3) is 0 Å². The van der Waals surface area contributed by atoms with Gasteiger partial charge < -0.3 is 0 Å². The Hall–Kier alpha value is -1.12. The number of rotatable bonds is 6. The van der Waals surface area contributed by atoms with Crippen LogP contribution in [0.15, 0.2) is 48.5 Å². The van der Waals surface area contributed by atoms with Gasteiger partial charge in [0.15, 0.2) is 0 Å². The van der Waals surface area contributed by atoms with Crippen LogP contribution < -0.4 is 10.6 Å². The van der Waals surface area contributed by atoms with Crippen molar-refractivity contribution in [2.24, 2.45) is 0 Å². The second-order valence-electron chi connectivity index (χ2n) is 10.4. The van der Waals surface area contributed by atoms with E-state index >= 15 is 0 Å². The molecule has 2 aliphatic carbocycles. The summed E-state index contributed by atoms with van der Waals surface area (Å²) in [5, 5.41) is 3.44. The average molecular weight is 553 g/mol. The molecular formula is C28H40F6P2. The Morgan fingerprint density at radius 1 is 0.556 bits per heavy atom. The van der Waals surface area contributed by atoms with Gasteiger partial charge in [-0.1, -0.05) is 51.0 Å². The molecule has 0 unspecified atom stereocenters. The third-order valence-corrected chi connectivity index (χ3v) is 13.5. The Labute approximate surface area is 212 Å². The Balaban J connectivity index is 0.000000454. The summed E-state index contributed by atoms with van der Waals surface area (Å²) in [5.74, 6) is 0. The summed E-state index contributed by atoms with van der Waals surface area (Å²) >= 11 is 0. The maximum absolute atomic E-state index is 10.7. The molecule has 0 saturated heterocycles. The maximum atomic E-state index is 9.87. The van der Waals surface area contributed by atoms with Crippen molar-refractivity contribution in [1.82, 2.24) is 0 Å². The van der Waals surface area contributed by atoms with E-state index in [0.29, 0.717) is 0 Å². The van der Waals surface area contributed by atoms with Gasteiger partial charge in [-0.3, -0.25) is 0 Å². The molecule has 8 heteroatoms. The zero-order chi connectivity index (χ0) is 26.5. The van der Waals surface area contributed by atoms with E-state index in [1.807, 2.05) is 0 Å². The van der Waals surface area contributed by atoms with E-state index in [4.69, 9.17) is 0 Å². The van der Waals surface area contributed by atoms with Gasteiger partial charge in [-0.05, 0) is 99.6 Å². The van der Waals surface area contributed by atoms with E-state index in [-0.39, 0.29) is 0 Å². The molecule has 2 fully saturated rings. The van der Waals surface area contributed by atoms with Gasteiger partial charge in [-0.2, -0.15) is 0 Å². The molecule has 2 aliphatic rings. The van der Waals surface area contributed by atoms with Crippen LogP contribution in [0.3, 0.4) is 0 Å². The number of hydrogen-bond donors (Lipinski definition) is 0. The summed E-state index contributed by atoms with van der Waals surface area (Å²) in [4.78, 5) is 0. The van der Waals surface area contributed by atoms with Crippen molar-refractivity contribution in [2.45, 2.75) is 102 Å². The topological polar surface area (TPSA) is 0 Å². The molecule has 2 saturated carbocycles. The van der Waals surface area contributed by atoms with Crippen molar-refractivity contribution in [3.05, 3.63) is 59.7 Å². The van der Waals surface area contributed by atoms with E-state index in [2.05, 4.69) is 62.4 Å². The fourth-order valence-corrected chi connectivity index (χ4v) is 12.4. The molecule has 0 bridgehead atoms. The van der Waals surface area contributed by atoms with Gasteiger partial charge in [0, 0.05) is 0 Å². The van der Waals surface area contributed by atoms with E-state index in [1.165, 1.54) is 75.3 Å². The van der Waals surface area contributed by atoms with Crippen LogP contribution in [0.4, 0.5) is 25.2 Å². The first-order chi connectivity index (χ1) is 16.7. The molecular weight excluding hydrogens is 512 g/mol. The molecule has 2 aromatic carbocycles. The van der Waals surface area contributed by atoms with E-state index < -0.39 is 15.1 Å². The first-order valence-corrected chi connectivity index (χ1v) is 17.3. The number of benzene rings is 2. The van der Waals surface area contributed by atoms with Crippen molar-refractivity contribution in [1.29, 1.82) is 0 Å². The van der Waals surface area contributed by atoms with E-state index in [9.17, 15) is 25.2 Å². The molecule has 0 amide bonds. The SMILES string of the molecule is CCc1ccc([P+](c2ccc(CC)cc2)(C2CCCCC2)C2CCCCC2)cc1.F[P-](F)(F)(F)(F)F. The Morgan fingerprint density at radius 2 is 0.833 bits per heavy atom. The monoisotopic (exact) mass is 552 g/mol. The molecule has 0 aromatic heterocycles. The normalized spacial score (nSPS) is 20.1. The summed E-state index contributed by atoms with van der Waals surface area (Å²) in [6, 6.07) is 20.0. The van der Waals surface area contributed by atoms with Crippen molar-refractivity contribution >= 4 is 25.7 Å². The van der Waals surface area contributed by atoms with Crippen LogP contribution in [0.5, 0.6) is 0 Å². The molecule has 4 rings (SSSR count). The summed E-state index contributed by atoms with van der Waals surface area (Å²) in [5.41, 5.74) is 4.78. The predicted molar refractivity (Wildman–Crippen MR) is 145 cm³/mol. The summed E-state index contributed by atoms with van der Waals surface area (Å²) < 4.78 is 59.2. The second kappa shape index (κ2) is 10.9. The van der Waals surface area contributed by atoms with Crippen LogP contribution in [0.2, 0.25) is 0 Å². The van der Waals surface area contributed by atoms with Gasteiger partial charge in [0.25, 0.3) is 0 Å². The van der Waals surface area contributed by atoms with Crippen molar-refractivity contribution in [3.8, 4) is 0 Å².